The van der Waals surface area contributed by atoms with Crippen LogP contribution in [0.25, 0.3) is 10.4 Å². The van der Waals surface area contributed by atoms with E-state index in [2.05, 4.69) is 42.5 Å². The van der Waals surface area contributed by atoms with Crippen molar-refractivity contribution in [3.63, 3.8) is 0 Å². The number of amides is 2. The zero-order valence-electron chi connectivity index (χ0n) is 25.7. The lowest BCUT2D eigenvalue weighted by atomic mass is 9.81. The van der Waals surface area contributed by atoms with E-state index >= 15 is 4.39 Å². The molecule has 1 aromatic carbocycles. The number of nitrogens with zero attached hydrogens (tertiary/aromatic N) is 2. The fourth-order valence-electron chi connectivity index (χ4n) is 5.61. The molecule has 6 atom stereocenters. The fraction of sp³-hybridized carbons (Fsp3) is 0.645. The quantitative estimate of drug-likeness (QED) is 0.356. The summed E-state index contributed by atoms with van der Waals surface area (Å²) in [5, 5.41) is 27.3. The van der Waals surface area contributed by atoms with Gasteiger partial charge in [0.25, 0.3) is 5.91 Å². The van der Waals surface area contributed by atoms with Crippen LogP contribution in [0.1, 0.15) is 84.2 Å². The van der Waals surface area contributed by atoms with Crippen molar-refractivity contribution in [1.29, 1.82) is 0 Å². The molecule has 2 aliphatic rings. The first-order valence-electron chi connectivity index (χ1n) is 14.5. The molecule has 0 bridgehead atoms. The minimum Gasteiger partial charge on any atom is -0.389 e. The third-order valence-electron chi connectivity index (χ3n) is 8.34. The van der Waals surface area contributed by atoms with E-state index in [0.29, 0.717) is 0 Å². The second-order valence-electron chi connectivity index (χ2n) is 13.9. The topological polar surface area (TPSA) is 115 Å². The number of aliphatic hydroxyl groups excluding tert-OH is 2. The Bertz CT molecular complexity index is 1320. The molecule has 232 valence electrons. The molecule has 4 rings (SSSR count). The molecule has 4 N–H and O–H groups in total. The number of likely N-dealkylation sites (tertiary alicyclic amines) is 1. The van der Waals surface area contributed by atoms with Crippen LogP contribution in [0.4, 0.5) is 8.78 Å². The Morgan fingerprint density at radius 1 is 1.17 bits per heavy atom. The van der Waals surface area contributed by atoms with Crippen LogP contribution in [0.15, 0.2) is 23.7 Å². The van der Waals surface area contributed by atoms with Crippen molar-refractivity contribution < 1.29 is 28.6 Å². The van der Waals surface area contributed by atoms with E-state index in [-0.39, 0.29) is 24.8 Å². The minimum atomic E-state index is -1.97. The first-order chi connectivity index (χ1) is 19.3. The molecule has 42 heavy (non-hydrogen) atoms. The highest BCUT2D eigenvalue weighted by atomic mass is 32.1. The maximum atomic E-state index is 15.4. The Balaban J connectivity index is 1.59. The number of rotatable bonds is 8. The van der Waals surface area contributed by atoms with Crippen LogP contribution in [0.3, 0.4) is 0 Å². The van der Waals surface area contributed by atoms with Crippen LogP contribution in [-0.2, 0) is 15.0 Å². The summed E-state index contributed by atoms with van der Waals surface area (Å²) in [5.41, 5.74) is 2.62. The van der Waals surface area contributed by atoms with Gasteiger partial charge in [-0.25, -0.2) is 13.8 Å². The summed E-state index contributed by atoms with van der Waals surface area (Å²) in [7, 11) is 0. The number of hydrogen-bond donors (Lipinski definition) is 4. The summed E-state index contributed by atoms with van der Waals surface area (Å²) < 4.78 is 29.9. The summed E-state index contributed by atoms with van der Waals surface area (Å²) in [6.45, 7) is 14.9. The lowest BCUT2D eigenvalue weighted by Crippen LogP contribution is -2.62. The van der Waals surface area contributed by atoms with Gasteiger partial charge < -0.3 is 20.8 Å². The number of benzene rings is 1. The number of hydrogen-bond acceptors (Lipinski definition) is 7. The number of β-amino-alcohol motifs (C(OH)–C–C–N with tert-alkyl or cyclic N) is 1. The summed E-state index contributed by atoms with van der Waals surface area (Å²) >= 11 is 1.56. The van der Waals surface area contributed by atoms with E-state index in [0.717, 1.165) is 27.3 Å². The van der Waals surface area contributed by atoms with Gasteiger partial charge in [0.2, 0.25) is 5.91 Å². The average Bonchev–Trinajstić information content (AvgIpc) is 3.38. The normalized spacial score (nSPS) is 24.6. The smallest absolute Gasteiger partial charge is 0.258 e. The van der Waals surface area contributed by atoms with E-state index in [1.807, 2.05) is 26.0 Å². The first kappa shape index (κ1) is 32.4. The van der Waals surface area contributed by atoms with Gasteiger partial charge in [-0.15, -0.1) is 11.3 Å². The van der Waals surface area contributed by atoms with Gasteiger partial charge in [0.15, 0.2) is 11.8 Å². The van der Waals surface area contributed by atoms with Crippen molar-refractivity contribution in [3.05, 3.63) is 40.5 Å². The molecule has 1 saturated carbocycles. The molecule has 1 aliphatic carbocycles. The predicted octanol–water partition coefficient (Wildman–Crippen LogP) is 4.33. The van der Waals surface area contributed by atoms with E-state index < -0.39 is 59.5 Å². The molecule has 0 spiro atoms. The van der Waals surface area contributed by atoms with Crippen molar-refractivity contribution in [2.75, 3.05) is 6.54 Å². The number of carbonyl (C=O) groups excluding carboxylic acids is 2. The van der Waals surface area contributed by atoms with Gasteiger partial charge in [-0.3, -0.25) is 14.5 Å². The zero-order chi connectivity index (χ0) is 31.4. The largest absolute Gasteiger partial charge is 0.389 e. The number of carbonyl (C=O) groups is 2. The third-order valence-corrected chi connectivity index (χ3v) is 9.32. The molecule has 2 aromatic rings. The van der Waals surface area contributed by atoms with E-state index in [1.54, 1.807) is 37.6 Å². The Kier molecular flexibility index (Phi) is 8.93. The summed E-state index contributed by atoms with van der Waals surface area (Å²) in [4.78, 5) is 32.8. The highest BCUT2D eigenvalue weighted by Gasteiger charge is 2.55. The van der Waals surface area contributed by atoms with E-state index in [9.17, 15) is 24.2 Å². The number of aliphatic hydroxyl groups is 2. The highest BCUT2D eigenvalue weighted by Crippen LogP contribution is 2.41. The van der Waals surface area contributed by atoms with Gasteiger partial charge in [0, 0.05) is 6.54 Å². The van der Waals surface area contributed by atoms with Crippen molar-refractivity contribution >= 4 is 23.2 Å². The molecule has 8 nitrogen and oxygen atoms in total. The van der Waals surface area contributed by atoms with Crippen LogP contribution >= 0.6 is 11.3 Å². The standard InChI is InChI=1S/C31H44F2N4O4S/c1-16(19-10-9-18(13-20(19)29(3,4)5)24-17(2)34-15-42-24)35-26(39)23-22(32)21(38)14-37(23)27(40)25(30(6,7)8)36-28(41)31(33)11-12-31/h9-10,13,15-16,21-23,25,27,38,40H,11-12,14H2,1-8H3,(H,35,39)(H,36,41)/t16-,21-,22-,23-,25+,27?/m0/s1. The lowest BCUT2D eigenvalue weighted by molar-refractivity contribution is -0.139. The molecule has 1 saturated heterocycles. The van der Waals surface area contributed by atoms with Crippen molar-refractivity contribution in [1.82, 2.24) is 20.5 Å². The van der Waals surface area contributed by atoms with Crippen molar-refractivity contribution in [3.8, 4) is 10.4 Å². The molecule has 1 unspecified atom stereocenters. The maximum absolute atomic E-state index is 15.4. The predicted molar refractivity (Wildman–Crippen MR) is 159 cm³/mol. The summed E-state index contributed by atoms with van der Waals surface area (Å²) in [5.74, 6) is -1.53. The fourth-order valence-corrected chi connectivity index (χ4v) is 6.41. The molecule has 11 heteroatoms. The number of aryl methyl sites for hydroxylation is 1. The highest BCUT2D eigenvalue weighted by molar-refractivity contribution is 7.13. The van der Waals surface area contributed by atoms with Crippen LogP contribution in [0, 0.1) is 12.3 Å². The first-order valence-corrected chi connectivity index (χ1v) is 15.3. The molecule has 1 aromatic heterocycles. The van der Waals surface area contributed by atoms with Crippen LogP contribution in [0.5, 0.6) is 0 Å². The van der Waals surface area contributed by atoms with Gasteiger partial charge in [0.05, 0.1) is 28.2 Å². The van der Waals surface area contributed by atoms with E-state index in [1.165, 1.54) is 4.90 Å². The van der Waals surface area contributed by atoms with Gasteiger partial charge in [-0.2, -0.15) is 0 Å². The Morgan fingerprint density at radius 3 is 2.33 bits per heavy atom. The molecular weight excluding hydrogens is 562 g/mol. The van der Waals surface area contributed by atoms with Crippen molar-refractivity contribution in [2.24, 2.45) is 5.41 Å². The number of nitrogens with one attached hydrogen (secondary N) is 2. The summed E-state index contributed by atoms with van der Waals surface area (Å²) in [6, 6.07) is 2.97. The minimum absolute atomic E-state index is 0.102. The molecular formula is C31H44F2N4O4S. The SMILES string of the molecule is Cc1ncsc1-c1ccc([C@H](C)NC(=O)[C@@H]2[C@@H](F)[C@@H](O)CN2C(O)[C@@H](NC(=O)C2(F)CC2)C(C)(C)C)c(C(C)(C)C)c1. The number of alkyl halides is 2. The Morgan fingerprint density at radius 2 is 1.81 bits per heavy atom. The monoisotopic (exact) mass is 606 g/mol. The molecule has 2 fully saturated rings. The Hall–Kier alpha value is -2.47. The second-order valence-corrected chi connectivity index (χ2v) is 14.8. The number of aromatic nitrogens is 1. The summed E-state index contributed by atoms with van der Waals surface area (Å²) in [6.07, 6.45) is -4.84. The molecule has 0 radical (unpaired) electrons. The van der Waals surface area contributed by atoms with E-state index in [4.69, 9.17) is 0 Å². The van der Waals surface area contributed by atoms with Gasteiger partial charge in [-0.05, 0) is 60.3 Å². The van der Waals surface area contributed by atoms with Gasteiger partial charge in [-0.1, -0.05) is 53.7 Å². The lowest BCUT2D eigenvalue weighted by Gasteiger charge is -2.41. The van der Waals surface area contributed by atoms with Gasteiger partial charge in [0.1, 0.15) is 18.4 Å². The van der Waals surface area contributed by atoms with Crippen LogP contribution in [-0.4, -0.2) is 74.7 Å². The zero-order valence-corrected chi connectivity index (χ0v) is 26.5. The van der Waals surface area contributed by atoms with Crippen LogP contribution in [0.2, 0.25) is 0 Å². The maximum Gasteiger partial charge on any atom is 0.258 e. The van der Waals surface area contributed by atoms with Crippen LogP contribution < -0.4 is 10.6 Å². The average molecular weight is 607 g/mol. The molecule has 1 aliphatic heterocycles. The molecule has 2 amide bonds. The third kappa shape index (κ3) is 6.54. The number of thiazole rings is 1. The van der Waals surface area contributed by atoms with Gasteiger partial charge >= 0.3 is 0 Å². The van der Waals surface area contributed by atoms with Crippen molar-refractivity contribution in [2.45, 2.75) is 116 Å². The molecule has 2 heterocycles. The second kappa shape index (κ2) is 11.6. The number of halogens is 2. The Labute approximate surface area is 250 Å².